The fourth-order valence-electron chi connectivity index (χ4n) is 7.37. The molecule has 0 unspecified atom stereocenters. The summed E-state index contributed by atoms with van der Waals surface area (Å²) in [7, 11) is 3.13. The number of likely N-dealkylation sites (N-methyl/N-ethyl adjacent to an activating group) is 1. The van der Waals surface area contributed by atoms with Crippen LogP contribution in [0.5, 0.6) is 5.75 Å². The molecule has 3 amide bonds. The van der Waals surface area contributed by atoms with Crippen molar-refractivity contribution >= 4 is 52.7 Å². The van der Waals surface area contributed by atoms with Crippen LogP contribution in [0.4, 0.5) is 0 Å². The molecule has 3 aromatic carbocycles. The number of methoxy groups -OCH3 is 1. The van der Waals surface area contributed by atoms with Gasteiger partial charge in [-0.2, -0.15) is 0 Å². The van der Waals surface area contributed by atoms with Gasteiger partial charge < -0.3 is 34.9 Å². The minimum absolute atomic E-state index is 0.0389. The molecule has 0 aliphatic carbocycles. The highest BCUT2D eigenvalue weighted by Crippen LogP contribution is 2.35. The van der Waals surface area contributed by atoms with Crippen LogP contribution in [0.3, 0.4) is 0 Å². The molecule has 0 radical (unpaired) electrons. The Morgan fingerprint density at radius 3 is 2.16 bits per heavy atom. The summed E-state index contributed by atoms with van der Waals surface area (Å²) in [6, 6.07) is 16.6. The highest BCUT2D eigenvalue weighted by atomic mass is 35.5. The van der Waals surface area contributed by atoms with Gasteiger partial charge in [0.2, 0.25) is 17.7 Å². The van der Waals surface area contributed by atoms with Crippen molar-refractivity contribution in [3.63, 3.8) is 0 Å². The van der Waals surface area contributed by atoms with E-state index in [2.05, 4.69) is 10.6 Å². The van der Waals surface area contributed by atoms with Crippen molar-refractivity contribution in [2.75, 3.05) is 20.8 Å². The maximum atomic E-state index is 14.6. The molecule has 1 aliphatic rings. The molecular weight excluding hydrogens is 857 g/mol. The van der Waals surface area contributed by atoms with Crippen LogP contribution >= 0.6 is 23.2 Å². The Morgan fingerprint density at radius 2 is 1.58 bits per heavy atom. The first-order valence-electron chi connectivity index (χ1n) is 21.4. The summed E-state index contributed by atoms with van der Waals surface area (Å²) in [5.41, 5.74) is 0.931. The summed E-state index contributed by atoms with van der Waals surface area (Å²) >= 11 is 13.4. The van der Waals surface area contributed by atoms with Crippen molar-refractivity contribution in [3.8, 4) is 5.75 Å². The van der Waals surface area contributed by atoms with Crippen molar-refractivity contribution in [2.45, 2.75) is 104 Å². The molecule has 1 heterocycles. The minimum atomic E-state index is -1.86. The van der Waals surface area contributed by atoms with Gasteiger partial charge in [-0.25, -0.2) is 4.79 Å². The second-order valence-corrected chi connectivity index (χ2v) is 17.7. The largest absolute Gasteiger partial charge is 0.482 e. The number of esters is 1. The molecule has 0 saturated heterocycles. The summed E-state index contributed by atoms with van der Waals surface area (Å²) in [5, 5.41) is 17.0. The number of Topliss-reactive ketones (excluding diaryl/α,β-unsaturated/α-hetero) is 1. The van der Waals surface area contributed by atoms with E-state index in [1.54, 1.807) is 50.4 Å². The summed E-state index contributed by atoms with van der Waals surface area (Å²) < 4.78 is 17.7. The van der Waals surface area contributed by atoms with Gasteiger partial charge in [0.25, 0.3) is 0 Å². The first-order chi connectivity index (χ1) is 30.3. The first kappa shape index (κ1) is 51.4. The number of rotatable bonds is 11. The zero-order valence-electron chi connectivity index (χ0n) is 38.0. The lowest BCUT2D eigenvalue weighted by Crippen LogP contribution is -2.61. The van der Waals surface area contributed by atoms with Gasteiger partial charge in [0.15, 0.2) is 24.2 Å². The van der Waals surface area contributed by atoms with Gasteiger partial charge in [-0.3, -0.25) is 19.2 Å². The number of halogens is 2. The standard InChI is InChI=1S/C50H61Cl2N3O9/c1-10-30(2)42-47(58)53-39(28-34-26-37(51)44(38(52)27-34)63-29-40(56)35-20-13-11-14-21-35)46(57)54-45(50(6,7)61)49(60)64-43(36-22-15-12-16-23-36)32(4)19-17-18-31(3)41(62-9)25-24-33(5)48(59)55(42)8/h11-24,26-27,30,32,39,41-43,45,61H,10,25,28-29H2,1-9H3,(H,53,58)(H,54,57)/b19-17+,31-18+,33-24+/t30-,32+,39+,41+,42-,43-,45+/m0/s1. The topological polar surface area (TPSA) is 161 Å². The molecule has 0 saturated carbocycles. The molecule has 12 nitrogen and oxygen atoms in total. The van der Waals surface area contributed by atoms with Crippen molar-refractivity contribution in [1.82, 2.24) is 15.5 Å². The SMILES string of the molecule is CC[C@H](C)[C@H]1C(=O)N[C@H](Cc2cc(Cl)c(OCC(=O)c3ccccc3)c(Cl)c2)C(=O)N[C@@H](C(C)(C)O)C(=O)O[C@H](c2ccccc2)[C@H](C)/C=C/C=C(\C)[C@H](OC)C/C=C(\C)C(=O)N1C. The van der Waals surface area contributed by atoms with Gasteiger partial charge in [0, 0.05) is 37.6 Å². The number of benzene rings is 3. The Balaban J connectivity index is 1.80. The fourth-order valence-corrected chi connectivity index (χ4v) is 8.01. The second kappa shape index (κ2) is 23.6. The zero-order chi connectivity index (χ0) is 47.3. The van der Waals surface area contributed by atoms with Gasteiger partial charge in [0.1, 0.15) is 18.2 Å². The van der Waals surface area contributed by atoms with E-state index in [1.165, 1.54) is 37.9 Å². The average molecular weight is 919 g/mol. The molecule has 0 bridgehead atoms. The van der Waals surface area contributed by atoms with Gasteiger partial charge in [0.05, 0.1) is 21.8 Å². The van der Waals surface area contributed by atoms with Crippen LogP contribution in [-0.2, 0) is 35.1 Å². The number of ketones is 1. The Labute approximate surface area is 387 Å². The molecule has 0 fully saturated rings. The zero-order valence-corrected chi connectivity index (χ0v) is 39.5. The van der Waals surface area contributed by atoms with Crippen LogP contribution in [0, 0.1) is 11.8 Å². The maximum absolute atomic E-state index is 14.6. The van der Waals surface area contributed by atoms with Gasteiger partial charge in [-0.05, 0) is 68.9 Å². The summed E-state index contributed by atoms with van der Waals surface area (Å²) in [6.07, 6.45) is 6.87. The third-order valence-electron chi connectivity index (χ3n) is 11.4. The first-order valence-corrected chi connectivity index (χ1v) is 22.1. The number of hydrogen-bond donors (Lipinski definition) is 3. The van der Waals surface area contributed by atoms with Crippen molar-refractivity contribution in [3.05, 3.63) is 135 Å². The molecule has 1 aliphatic heterocycles. The normalized spacial score (nSPS) is 25.0. The van der Waals surface area contributed by atoms with E-state index in [4.69, 9.17) is 37.4 Å². The predicted octanol–water partition coefficient (Wildman–Crippen LogP) is 8.20. The van der Waals surface area contributed by atoms with Crippen LogP contribution in [0.25, 0.3) is 0 Å². The van der Waals surface area contributed by atoms with Crippen LogP contribution in [0.1, 0.15) is 88.9 Å². The van der Waals surface area contributed by atoms with Crippen molar-refractivity contribution in [1.29, 1.82) is 0 Å². The average Bonchev–Trinajstić information content (AvgIpc) is 3.26. The second-order valence-electron chi connectivity index (χ2n) is 16.8. The Kier molecular flexibility index (Phi) is 18.9. The van der Waals surface area contributed by atoms with E-state index in [9.17, 15) is 29.1 Å². The number of allylic oxidation sites excluding steroid dienone is 2. The third kappa shape index (κ3) is 13.9. The Morgan fingerprint density at radius 1 is 0.969 bits per heavy atom. The monoisotopic (exact) mass is 917 g/mol. The number of nitrogens with one attached hydrogen (secondary N) is 2. The molecule has 0 aromatic heterocycles. The lowest BCUT2D eigenvalue weighted by atomic mass is 9.94. The highest BCUT2D eigenvalue weighted by molar-refractivity contribution is 6.37. The quantitative estimate of drug-likeness (QED) is 0.127. The summed E-state index contributed by atoms with van der Waals surface area (Å²) in [4.78, 5) is 71.5. The Bertz CT molecular complexity index is 2180. The van der Waals surface area contributed by atoms with E-state index in [0.29, 0.717) is 35.1 Å². The predicted molar refractivity (Wildman–Crippen MR) is 249 cm³/mol. The number of carbonyl (C=O) groups excluding carboxylic acids is 5. The Hall–Kier alpha value is -5.27. The van der Waals surface area contributed by atoms with Crippen LogP contribution < -0.4 is 15.4 Å². The van der Waals surface area contributed by atoms with Crippen molar-refractivity contribution in [2.24, 2.45) is 11.8 Å². The molecule has 64 heavy (non-hydrogen) atoms. The number of carbonyl (C=O) groups is 5. The van der Waals surface area contributed by atoms with Gasteiger partial charge in [-0.1, -0.05) is 135 Å². The van der Waals surface area contributed by atoms with E-state index in [1.807, 2.05) is 76.3 Å². The lowest BCUT2D eigenvalue weighted by molar-refractivity contribution is -0.162. The molecule has 3 N–H and O–H groups in total. The summed E-state index contributed by atoms with van der Waals surface area (Å²) in [5.74, 6) is -3.80. The van der Waals surface area contributed by atoms with E-state index >= 15 is 0 Å². The number of hydrogen-bond acceptors (Lipinski definition) is 9. The number of cyclic esters (lactones) is 1. The van der Waals surface area contributed by atoms with Gasteiger partial charge >= 0.3 is 5.97 Å². The molecule has 7 atom stereocenters. The van der Waals surface area contributed by atoms with Crippen molar-refractivity contribution < 1.29 is 43.3 Å². The number of aliphatic hydroxyl groups is 1. The minimum Gasteiger partial charge on any atom is -0.482 e. The van der Waals surface area contributed by atoms with Crippen LogP contribution in [-0.4, -0.2) is 90.1 Å². The number of nitrogens with zero attached hydrogens (tertiary/aromatic N) is 1. The van der Waals surface area contributed by atoms with Crippen LogP contribution in [0.15, 0.2) is 108 Å². The molecule has 0 spiro atoms. The van der Waals surface area contributed by atoms with Gasteiger partial charge in [-0.15, -0.1) is 0 Å². The molecular formula is C50H61Cl2N3O9. The smallest absolute Gasteiger partial charge is 0.332 e. The van der Waals surface area contributed by atoms with E-state index < -0.39 is 53.5 Å². The van der Waals surface area contributed by atoms with E-state index in [-0.39, 0.29) is 52.5 Å². The van der Waals surface area contributed by atoms with Crippen LogP contribution in [0.2, 0.25) is 10.0 Å². The number of amides is 3. The molecule has 3 aromatic rings. The molecule has 344 valence electrons. The number of ether oxygens (including phenoxy) is 3. The lowest BCUT2D eigenvalue weighted by Gasteiger charge is -2.34. The van der Waals surface area contributed by atoms with E-state index in [0.717, 1.165) is 5.57 Å². The maximum Gasteiger partial charge on any atom is 0.332 e. The summed E-state index contributed by atoms with van der Waals surface area (Å²) in [6.45, 7) is 11.6. The molecule has 4 rings (SSSR count). The highest BCUT2D eigenvalue weighted by Gasteiger charge is 2.41. The molecule has 14 heteroatoms. The third-order valence-corrected chi connectivity index (χ3v) is 11.9. The fraction of sp³-hybridized carbons (Fsp3) is 0.420.